The van der Waals surface area contributed by atoms with Crippen LogP contribution in [0.15, 0.2) is 0 Å². The maximum absolute atomic E-state index is 6.23. The van der Waals surface area contributed by atoms with Gasteiger partial charge in [-0.2, -0.15) is 0 Å². The average molecular weight is 281 g/mol. The van der Waals surface area contributed by atoms with Crippen molar-refractivity contribution in [3.05, 3.63) is 0 Å². The van der Waals surface area contributed by atoms with Crippen molar-refractivity contribution in [1.82, 2.24) is 5.32 Å². The van der Waals surface area contributed by atoms with Crippen molar-refractivity contribution < 1.29 is 4.74 Å². The molecule has 20 heavy (non-hydrogen) atoms. The molecule has 2 rings (SSSR count). The zero-order valence-corrected chi connectivity index (χ0v) is 14.1. The Balaban J connectivity index is 2.07. The standard InChI is InChI=1S/C18H35NO/c1-5-12-19-16(17(3,4)6-2)15-9-13-20-18(14-15)10-7-8-11-18/h15-16,19H,5-14H2,1-4H3. The molecule has 1 spiro atoms. The normalized spacial score (nSPS) is 27.9. The third kappa shape index (κ3) is 3.57. The lowest BCUT2D eigenvalue weighted by Crippen LogP contribution is -2.52. The van der Waals surface area contributed by atoms with E-state index < -0.39 is 0 Å². The Hall–Kier alpha value is -0.0800. The summed E-state index contributed by atoms with van der Waals surface area (Å²) in [6.07, 6.45) is 10.4. The Bertz CT molecular complexity index is 294. The molecule has 2 fully saturated rings. The van der Waals surface area contributed by atoms with Crippen LogP contribution >= 0.6 is 0 Å². The Morgan fingerprint density at radius 3 is 2.55 bits per heavy atom. The van der Waals surface area contributed by atoms with E-state index >= 15 is 0 Å². The molecule has 2 heteroatoms. The van der Waals surface area contributed by atoms with Crippen molar-refractivity contribution in [3.8, 4) is 0 Å². The van der Waals surface area contributed by atoms with Crippen LogP contribution in [0, 0.1) is 11.3 Å². The SMILES string of the molecule is CCCNC(C1CCOC2(CCCC2)C1)C(C)(C)CC. The lowest BCUT2D eigenvalue weighted by atomic mass is 9.70. The smallest absolute Gasteiger partial charge is 0.0685 e. The van der Waals surface area contributed by atoms with Crippen LogP contribution < -0.4 is 5.32 Å². The highest BCUT2D eigenvalue weighted by atomic mass is 16.5. The van der Waals surface area contributed by atoms with Gasteiger partial charge in [0.25, 0.3) is 0 Å². The first-order valence-electron chi connectivity index (χ1n) is 8.90. The molecule has 0 aromatic carbocycles. The second kappa shape index (κ2) is 6.79. The summed E-state index contributed by atoms with van der Waals surface area (Å²) in [5.74, 6) is 0.795. The van der Waals surface area contributed by atoms with Gasteiger partial charge in [-0.05, 0) is 56.4 Å². The molecule has 0 bridgehead atoms. The van der Waals surface area contributed by atoms with Crippen LogP contribution in [0.5, 0.6) is 0 Å². The molecule has 0 amide bonds. The van der Waals surface area contributed by atoms with E-state index in [2.05, 4.69) is 33.0 Å². The van der Waals surface area contributed by atoms with Crippen molar-refractivity contribution >= 4 is 0 Å². The monoisotopic (exact) mass is 281 g/mol. The largest absolute Gasteiger partial charge is 0.375 e. The fraction of sp³-hybridized carbons (Fsp3) is 1.00. The van der Waals surface area contributed by atoms with Crippen LogP contribution in [0.2, 0.25) is 0 Å². The van der Waals surface area contributed by atoms with Crippen LogP contribution in [0.4, 0.5) is 0 Å². The van der Waals surface area contributed by atoms with Crippen molar-refractivity contribution in [2.45, 2.75) is 90.7 Å². The van der Waals surface area contributed by atoms with Gasteiger partial charge in [-0.3, -0.25) is 0 Å². The zero-order chi connectivity index (χ0) is 14.6. The van der Waals surface area contributed by atoms with Gasteiger partial charge in [0.1, 0.15) is 0 Å². The van der Waals surface area contributed by atoms with Gasteiger partial charge in [0.2, 0.25) is 0 Å². The first-order chi connectivity index (χ1) is 9.53. The molecule has 2 nitrogen and oxygen atoms in total. The third-order valence-corrected chi connectivity index (χ3v) is 5.88. The van der Waals surface area contributed by atoms with E-state index in [9.17, 15) is 0 Å². The predicted octanol–water partition coefficient (Wildman–Crippen LogP) is 4.53. The molecule has 0 aromatic rings. The van der Waals surface area contributed by atoms with E-state index in [0.717, 1.165) is 19.1 Å². The van der Waals surface area contributed by atoms with Crippen LogP contribution in [-0.4, -0.2) is 24.8 Å². The molecule has 2 unspecified atom stereocenters. The van der Waals surface area contributed by atoms with Crippen LogP contribution in [0.3, 0.4) is 0 Å². The minimum Gasteiger partial charge on any atom is -0.375 e. The summed E-state index contributed by atoms with van der Waals surface area (Å²) in [4.78, 5) is 0. The van der Waals surface area contributed by atoms with E-state index in [1.807, 2.05) is 0 Å². The molecule has 0 radical (unpaired) electrons. The van der Waals surface area contributed by atoms with Gasteiger partial charge < -0.3 is 10.1 Å². The molecule has 1 aliphatic carbocycles. The minimum atomic E-state index is 0.249. The Kier molecular flexibility index (Phi) is 5.53. The van der Waals surface area contributed by atoms with Crippen molar-refractivity contribution in [2.24, 2.45) is 11.3 Å². The summed E-state index contributed by atoms with van der Waals surface area (Å²) in [6.45, 7) is 11.6. The summed E-state index contributed by atoms with van der Waals surface area (Å²) in [6, 6.07) is 0.647. The van der Waals surface area contributed by atoms with Gasteiger partial charge in [-0.15, -0.1) is 0 Å². The molecule has 1 heterocycles. The molecule has 1 N–H and O–H groups in total. The number of hydrogen-bond donors (Lipinski definition) is 1. The molecule has 1 saturated heterocycles. The van der Waals surface area contributed by atoms with E-state index in [4.69, 9.17) is 4.74 Å². The average Bonchev–Trinajstić information content (AvgIpc) is 2.87. The highest BCUT2D eigenvalue weighted by Gasteiger charge is 2.44. The second-order valence-corrected chi connectivity index (χ2v) is 7.77. The Morgan fingerprint density at radius 1 is 1.25 bits per heavy atom. The van der Waals surface area contributed by atoms with Crippen molar-refractivity contribution in [2.75, 3.05) is 13.2 Å². The van der Waals surface area contributed by atoms with Gasteiger partial charge in [0.05, 0.1) is 5.60 Å². The molecule has 1 aliphatic heterocycles. The Morgan fingerprint density at radius 2 is 1.95 bits per heavy atom. The van der Waals surface area contributed by atoms with E-state index in [1.54, 1.807) is 0 Å². The molecule has 2 aliphatic rings. The van der Waals surface area contributed by atoms with Gasteiger partial charge in [-0.25, -0.2) is 0 Å². The molecule has 118 valence electrons. The number of ether oxygens (including phenoxy) is 1. The van der Waals surface area contributed by atoms with E-state index in [1.165, 1.54) is 51.4 Å². The first kappa shape index (κ1) is 16.3. The van der Waals surface area contributed by atoms with Gasteiger partial charge in [-0.1, -0.05) is 40.5 Å². The molecule has 1 saturated carbocycles. The summed E-state index contributed by atoms with van der Waals surface area (Å²) in [7, 11) is 0. The van der Waals surface area contributed by atoms with Crippen LogP contribution in [0.1, 0.15) is 79.1 Å². The number of nitrogens with one attached hydrogen (secondary N) is 1. The molecule has 2 atom stereocenters. The topological polar surface area (TPSA) is 21.3 Å². The lowest BCUT2D eigenvalue weighted by Gasteiger charge is -2.46. The number of hydrogen-bond acceptors (Lipinski definition) is 2. The lowest BCUT2D eigenvalue weighted by molar-refractivity contribution is -0.105. The summed E-state index contributed by atoms with van der Waals surface area (Å²) < 4.78 is 6.23. The fourth-order valence-electron chi connectivity index (χ4n) is 4.32. The van der Waals surface area contributed by atoms with Crippen molar-refractivity contribution in [3.63, 3.8) is 0 Å². The zero-order valence-electron chi connectivity index (χ0n) is 14.1. The predicted molar refractivity (Wildman–Crippen MR) is 86.0 cm³/mol. The quantitative estimate of drug-likeness (QED) is 0.772. The van der Waals surface area contributed by atoms with Gasteiger partial charge in [0.15, 0.2) is 0 Å². The Labute approximate surface area is 126 Å². The van der Waals surface area contributed by atoms with Crippen LogP contribution in [0.25, 0.3) is 0 Å². The minimum absolute atomic E-state index is 0.249. The summed E-state index contributed by atoms with van der Waals surface area (Å²) in [5.41, 5.74) is 0.635. The molecular weight excluding hydrogens is 246 g/mol. The highest BCUT2D eigenvalue weighted by molar-refractivity contribution is 4.97. The maximum atomic E-state index is 6.23. The van der Waals surface area contributed by atoms with Gasteiger partial charge in [0, 0.05) is 12.6 Å². The highest BCUT2D eigenvalue weighted by Crippen LogP contribution is 2.45. The first-order valence-corrected chi connectivity index (χ1v) is 8.90. The van der Waals surface area contributed by atoms with Gasteiger partial charge >= 0.3 is 0 Å². The molecular formula is C18H35NO. The molecule has 0 aromatic heterocycles. The summed E-state index contributed by atoms with van der Waals surface area (Å²) >= 11 is 0. The maximum Gasteiger partial charge on any atom is 0.0685 e. The van der Waals surface area contributed by atoms with Crippen molar-refractivity contribution in [1.29, 1.82) is 0 Å². The third-order valence-electron chi connectivity index (χ3n) is 5.88. The van der Waals surface area contributed by atoms with E-state index in [-0.39, 0.29) is 5.60 Å². The summed E-state index contributed by atoms with van der Waals surface area (Å²) in [5, 5.41) is 3.88. The van der Waals surface area contributed by atoms with E-state index in [0.29, 0.717) is 11.5 Å². The van der Waals surface area contributed by atoms with Crippen LogP contribution in [-0.2, 0) is 4.74 Å². The number of rotatable bonds is 6. The second-order valence-electron chi connectivity index (χ2n) is 7.77. The fourth-order valence-corrected chi connectivity index (χ4v) is 4.32.